The molecule has 0 aliphatic heterocycles. The Kier molecular flexibility index (Phi) is 4.00. The van der Waals surface area contributed by atoms with Crippen LogP contribution in [-0.2, 0) is 6.54 Å². The monoisotopic (exact) mass is 259 g/mol. The molecule has 0 N–H and O–H groups in total. The number of halogens is 3. The Bertz CT molecular complexity index is 391. The third kappa shape index (κ3) is 3.17. The maximum absolute atomic E-state index is 13.4. The lowest BCUT2D eigenvalue weighted by Gasteiger charge is -2.34. The maximum atomic E-state index is 13.4. The standard InChI is InChI=1S/C13H16ClF2N/c1-17(7-9-5-11(14)6-9)8-10-3-2-4-12(15)13(10)16/h2-4,9,11H,5-8H2,1H3. The van der Waals surface area contributed by atoms with Gasteiger partial charge in [0.1, 0.15) is 0 Å². The molecule has 1 aliphatic rings. The van der Waals surface area contributed by atoms with Crippen molar-refractivity contribution in [2.75, 3.05) is 13.6 Å². The molecule has 2 rings (SSSR count). The molecular weight excluding hydrogens is 244 g/mol. The van der Waals surface area contributed by atoms with Gasteiger partial charge < -0.3 is 4.90 Å². The van der Waals surface area contributed by atoms with Gasteiger partial charge in [-0.3, -0.25) is 0 Å². The second kappa shape index (κ2) is 5.32. The summed E-state index contributed by atoms with van der Waals surface area (Å²) in [6.07, 6.45) is 2.05. The molecule has 0 bridgehead atoms. The Balaban J connectivity index is 1.89. The second-order valence-electron chi connectivity index (χ2n) is 4.84. The van der Waals surface area contributed by atoms with Crippen LogP contribution >= 0.6 is 11.6 Å². The van der Waals surface area contributed by atoms with E-state index in [1.807, 2.05) is 11.9 Å². The summed E-state index contributed by atoms with van der Waals surface area (Å²) in [4.78, 5) is 2.02. The molecule has 1 fully saturated rings. The lowest BCUT2D eigenvalue weighted by molar-refractivity contribution is 0.202. The average molecular weight is 260 g/mol. The molecule has 0 unspecified atom stereocenters. The molecule has 1 nitrogen and oxygen atoms in total. The number of hydrogen-bond acceptors (Lipinski definition) is 1. The Morgan fingerprint density at radius 1 is 1.35 bits per heavy atom. The van der Waals surface area contributed by atoms with Gasteiger partial charge in [-0.05, 0) is 31.9 Å². The maximum Gasteiger partial charge on any atom is 0.163 e. The fourth-order valence-corrected chi connectivity index (χ4v) is 2.77. The molecule has 0 atom stereocenters. The van der Waals surface area contributed by atoms with Crippen LogP contribution in [0.5, 0.6) is 0 Å². The van der Waals surface area contributed by atoms with Crippen molar-refractivity contribution in [3.05, 3.63) is 35.4 Å². The Labute approximate surface area is 105 Å². The molecule has 94 valence electrons. The van der Waals surface area contributed by atoms with Crippen LogP contribution in [0.25, 0.3) is 0 Å². The number of benzene rings is 1. The van der Waals surface area contributed by atoms with E-state index in [1.54, 1.807) is 12.1 Å². The highest BCUT2D eigenvalue weighted by atomic mass is 35.5. The normalized spacial score (nSPS) is 23.8. The van der Waals surface area contributed by atoms with E-state index in [0.29, 0.717) is 23.4 Å². The number of hydrogen-bond donors (Lipinski definition) is 0. The smallest absolute Gasteiger partial charge is 0.163 e. The first-order valence-corrected chi connectivity index (χ1v) is 6.25. The number of rotatable bonds is 4. The van der Waals surface area contributed by atoms with E-state index in [0.717, 1.165) is 25.5 Å². The van der Waals surface area contributed by atoms with Crippen molar-refractivity contribution < 1.29 is 8.78 Å². The van der Waals surface area contributed by atoms with E-state index in [2.05, 4.69) is 0 Å². The van der Waals surface area contributed by atoms with E-state index in [-0.39, 0.29) is 0 Å². The first-order valence-electron chi connectivity index (χ1n) is 5.81. The van der Waals surface area contributed by atoms with Crippen molar-refractivity contribution in [1.29, 1.82) is 0 Å². The summed E-state index contributed by atoms with van der Waals surface area (Å²) < 4.78 is 26.4. The summed E-state index contributed by atoms with van der Waals surface area (Å²) in [5.74, 6) is -0.914. The minimum Gasteiger partial charge on any atom is -0.302 e. The van der Waals surface area contributed by atoms with Gasteiger partial charge in [0.05, 0.1) is 0 Å². The van der Waals surface area contributed by atoms with Crippen LogP contribution in [0.15, 0.2) is 18.2 Å². The molecule has 1 aromatic rings. The van der Waals surface area contributed by atoms with Crippen molar-refractivity contribution in [2.24, 2.45) is 5.92 Å². The molecule has 1 saturated carbocycles. The Hall–Kier alpha value is -0.670. The lowest BCUT2D eigenvalue weighted by atomic mass is 9.84. The zero-order chi connectivity index (χ0) is 12.4. The lowest BCUT2D eigenvalue weighted by Crippen LogP contribution is -2.34. The van der Waals surface area contributed by atoms with Crippen molar-refractivity contribution in [1.82, 2.24) is 4.90 Å². The summed E-state index contributed by atoms with van der Waals surface area (Å²) in [6.45, 7) is 1.33. The molecule has 0 spiro atoms. The van der Waals surface area contributed by atoms with Crippen molar-refractivity contribution in [2.45, 2.75) is 24.8 Å². The molecule has 0 heterocycles. The fraction of sp³-hybridized carbons (Fsp3) is 0.538. The second-order valence-corrected chi connectivity index (χ2v) is 5.46. The minimum atomic E-state index is -0.777. The van der Waals surface area contributed by atoms with E-state index in [9.17, 15) is 8.78 Å². The van der Waals surface area contributed by atoms with Gasteiger partial charge in [-0.2, -0.15) is 0 Å². The van der Waals surface area contributed by atoms with Crippen LogP contribution in [0, 0.1) is 17.6 Å². The molecule has 17 heavy (non-hydrogen) atoms. The fourth-order valence-electron chi connectivity index (χ4n) is 2.27. The molecule has 4 heteroatoms. The minimum absolute atomic E-state index is 0.305. The molecule has 1 aliphatic carbocycles. The number of nitrogens with zero attached hydrogens (tertiary/aromatic N) is 1. The summed E-state index contributed by atoms with van der Waals surface area (Å²) in [7, 11) is 1.92. The first kappa shape index (κ1) is 12.8. The van der Waals surface area contributed by atoms with Crippen LogP contribution < -0.4 is 0 Å². The predicted molar refractivity (Wildman–Crippen MR) is 65.1 cm³/mol. The summed E-state index contributed by atoms with van der Waals surface area (Å²) in [5.41, 5.74) is 0.411. The van der Waals surface area contributed by atoms with Gasteiger partial charge in [-0.25, -0.2) is 8.78 Å². The van der Waals surface area contributed by atoms with E-state index < -0.39 is 11.6 Å². The third-order valence-electron chi connectivity index (χ3n) is 3.22. The van der Waals surface area contributed by atoms with E-state index in [4.69, 9.17) is 11.6 Å². The average Bonchev–Trinajstić information content (AvgIpc) is 2.23. The van der Waals surface area contributed by atoms with Crippen LogP contribution in [-0.4, -0.2) is 23.9 Å². The number of alkyl halides is 1. The van der Waals surface area contributed by atoms with Crippen molar-refractivity contribution in [3.63, 3.8) is 0 Å². The Morgan fingerprint density at radius 2 is 2.06 bits per heavy atom. The van der Waals surface area contributed by atoms with E-state index >= 15 is 0 Å². The van der Waals surface area contributed by atoms with Crippen molar-refractivity contribution >= 4 is 11.6 Å². The highest BCUT2D eigenvalue weighted by Gasteiger charge is 2.28. The first-order chi connectivity index (χ1) is 8.06. The zero-order valence-electron chi connectivity index (χ0n) is 9.80. The van der Waals surface area contributed by atoms with Crippen molar-refractivity contribution in [3.8, 4) is 0 Å². The van der Waals surface area contributed by atoms with Crippen LogP contribution in [0.2, 0.25) is 0 Å². The summed E-state index contributed by atoms with van der Waals surface area (Å²) >= 11 is 5.91. The molecule has 0 amide bonds. The SMILES string of the molecule is CN(Cc1cccc(F)c1F)CC1CC(Cl)C1. The quantitative estimate of drug-likeness (QED) is 0.749. The highest BCUT2D eigenvalue weighted by molar-refractivity contribution is 6.21. The predicted octanol–water partition coefficient (Wildman–Crippen LogP) is 3.41. The Morgan fingerprint density at radius 3 is 2.71 bits per heavy atom. The molecule has 0 aromatic heterocycles. The van der Waals surface area contributed by atoms with Gasteiger partial charge in [-0.15, -0.1) is 11.6 Å². The van der Waals surface area contributed by atoms with Gasteiger partial charge in [0.2, 0.25) is 0 Å². The molecule has 0 radical (unpaired) electrons. The topological polar surface area (TPSA) is 3.24 Å². The molecule has 1 aromatic carbocycles. The largest absolute Gasteiger partial charge is 0.302 e. The zero-order valence-corrected chi connectivity index (χ0v) is 10.6. The summed E-state index contributed by atoms with van der Waals surface area (Å²) in [5, 5.41) is 0.305. The van der Waals surface area contributed by atoms with Crippen LogP contribution in [0.4, 0.5) is 8.78 Å². The van der Waals surface area contributed by atoms with E-state index in [1.165, 1.54) is 0 Å². The van der Waals surface area contributed by atoms with Gasteiger partial charge >= 0.3 is 0 Å². The van der Waals surface area contributed by atoms with Gasteiger partial charge in [0, 0.05) is 24.0 Å². The molecule has 0 saturated heterocycles. The van der Waals surface area contributed by atoms with Crippen LogP contribution in [0.3, 0.4) is 0 Å². The van der Waals surface area contributed by atoms with Gasteiger partial charge in [-0.1, -0.05) is 12.1 Å². The highest BCUT2D eigenvalue weighted by Crippen LogP contribution is 2.32. The van der Waals surface area contributed by atoms with Gasteiger partial charge in [0.25, 0.3) is 0 Å². The summed E-state index contributed by atoms with van der Waals surface area (Å²) in [6, 6.07) is 4.31. The third-order valence-corrected chi connectivity index (χ3v) is 3.58. The van der Waals surface area contributed by atoms with Gasteiger partial charge in [0.15, 0.2) is 11.6 Å². The molecular formula is C13H16ClF2N. The van der Waals surface area contributed by atoms with Crippen LogP contribution in [0.1, 0.15) is 18.4 Å².